The van der Waals surface area contributed by atoms with Crippen LogP contribution in [0.3, 0.4) is 0 Å². The summed E-state index contributed by atoms with van der Waals surface area (Å²) >= 11 is 0. The van der Waals surface area contributed by atoms with Crippen LogP contribution in [-0.4, -0.2) is 34.8 Å². The molecule has 0 radical (unpaired) electrons. The van der Waals surface area contributed by atoms with Gasteiger partial charge in [0.2, 0.25) is 22.7 Å². The molecule has 0 saturated carbocycles. The lowest BCUT2D eigenvalue weighted by Gasteiger charge is -2.12. The van der Waals surface area contributed by atoms with E-state index in [4.69, 9.17) is 14.2 Å². The minimum atomic E-state index is -3.87. The van der Waals surface area contributed by atoms with Crippen molar-refractivity contribution in [2.45, 2.75) is 11.8 Å². The van der Waals surface area contributed by atoms with Crippen molar-refractivity contribution >= 4 is 21.6 Å². The first-order chi connectivity index (χ1) is 12.4. The van der Waals surface area contributed by atoms with E-state index >= 15 is 0 Å². The van der Waals surface area contributed by atoms with Crippen molar-refractivity contribution < 1.29 is 27.4 Å². The Labute approximate surface area is 151 Å². The molecule has 0 aliphatic carbocycles. The van der Waals surface area contributed by atoms with Crippen molar-refractivity contribution in [1.29, 1.82) is 0 Å². The highest BCUT2D eigenvalue weighted by Gasteiger charge is 2.21. The van der Waals surface area contributed by atoms with Gasteiger partial charge >= 0.3 is 0 Å². The molecule has 2 aromatic carbocycles. The highest BCUT2D eigenvalue weighted by Crippen LogP contribution is 2.33. The van der Waals surface area contributed by atoms with Crippen molar-refractivity contribution in [2.24, 2.45) is 0 Å². The second-order valence-corrected chi connectivity index (χ2v) is 7.36. The summed E-state index contributed by atoms with van der Waals surface area (Å²) in [5.74, 6) is 0.802. The number of carbonyl (C=O) groups is 1. The van der Waals surface area contributed by atoms with E-state index in [-0.39, 0.29) is 11.7 Å². The number of hydrogen-bond acceptors (Lipinski definition) is 6. The van der Waals surface area contributed by atoms with E-state index in [0.29, 0.717) is 22.9 Å². The monoisotopic (exact) mass is 378 g/mol. The fraction of sp³-hybridized carbons (Fsp3) is 0.235. The van der Waals surface area contributed by atoms with Gasteiger partial charge in [0.05, 0.1) is 24.2 Å². The minimum Gasteiger partial charge on any atom is -0.495 e. The Morgan fingerprint density at radius 3 is 2.69 bits per heavy atom. The van der Waals surface area contributed by atoms with Crippen LogP contribution < -0.4 is 24.2 Å². The molecule has 0 aromatic heterocycles. The van der Waals surface area contributed by atoms with Gasteiger partial charge in [0.25, 0.3) is 0 Å². The maximum Gasteiger partial charge on any atom is 0.241 e. The topological polar surface area (TPSA) is 103 Å². The van der Waals surface area contributed by atoms with E-state index in [9.17, 15) is 13.2 Å². The largest absolute Gasteiger partial charge is 0.495 e. The van der Waals surface area contributed by atoms with Gasteiger partial charge in [-0.3, -0.25) is 4.79 Å². The molecule has 2 N–H and O–H groups in total. The first kappa shape index (κ1) is 18.0. The normalized spacial score (nSPS) is 12.7. The maximum atomic E-state index is 12.4. The van der Waals surface area contributed by atoms with E-state index < -0.39 is 22.5 Å². The molecule has 2 aromatic rings. The lowest BCUT2D eigenvalue weighted by atomic mass is 10.2. The number of sulfonamides is 1. The third-order valence-corrected chi connectivity index (χ3v) is 5.11. The fourth-order valence-corrected chi connectivity index (χ4v) is 3.40. The van der Waals surface area contributed by atoms with Crippen molar-refractivity contribution in [3.8, 4) is 17.2 Å². The smallest absolute Gasteiger partial charge is 0.241 e. The van der Waals surface area contributed by atoms with Crippen LogP contribution >= 0.6 is 0 Å². The second kappa shape index (κ2) is 7.22. The maximum absolute atomic E-state index is 12.4. The molecule has 0 atom stereocenters. The van der Waals surface area contributed by atoms with Crippen LogP contribution in [0.4, 0.5) is 5.69 Å². The number of benzene rings is 2. The Morgan fingerprint density at radius 2 is 1.92 bits per heavy atom. The second-order valence-electron chi connectivity index (χ2n) is 5.59. The molecule has 9 heteroatoms. The van der Waals surface area contributed by atoms with Gasteiger partial charge in [-0.25, -0.2) is 13.1 Å². The average Bonchev–Trinajstić information content (AvgIpc) is 3.08. The van der Waals surface area contributed by atoms with Gasteiger partial charge < -0.3 is 19.5 Å². The lowest BCUT2D eigenvalue weighted by molar-refractivity contribution is -0.115. The number of ether oxygens (including phenoxy) is 3. The van der Waals surface area contributed by atoms with Crippen LogP contribution in [0.5, 0.6) is 17.2 Å². The van der Waals surface area contributed by atoms with Gasteiger partial charge in [-0.05, 0) is 36.8 Å². The Kier molecular flexibility index (Phi) is 5.01. The minimum absolute atomic E-state index is 0.0114. The summed E-state index contributed by atoms with van der Waals surface area (Å²) in [6.45, 7) is 1.50. The van der Waals surface area contributed by atoms with E-state index in [0.717, 1.165) is 5.56 Å². The molecule has 8 nitrogen and oxygen atoms in total. The first-order valence-corrected chi connectivity index (χ1v) is 9.21. The number of aryl methyl sites for hydroxylation is 1. The molecule has 1 heterocycles. The first-order valence-electron chi connectivity index (χ1n) is 7.73. The molecule has 0 saturated heterocycles. The number of methoxy groups -OCH3 is 1. The van der Waals surface area contributed by atoms with Crippen molar-refractivity contribution in [3.05, 3.63) is 42.0 Å². The Balaban J connectivity index is 1.66. The van der Waals surface area contributed by atoms with Gasteiger partial charge in [-0.1, -0.05) is 6.07 Å². The summed E-state index contributed by atoms with van der Waals surface area (Å²) in [6.07, 6.45) is 0. The van der Waals surface area contributed by atoms with Crippen LogP contribution in [-0.2, 0) is 14.8 Å². The van der Waals surface area contributed by atoms with E-state index in [1.54, 1.807) is 12.1 Å². The molecule has 1 aliphatic rings. The number of amides is 1. The van der Waals surface area contributed by atoms with Gasteiger partial charge in [-0.2, -0.15) is 0 Å². The van der Waals surface area contributed by atoms with Gasteiger partial charge in [-0.15, -0.1) is 0 Å². The van der Waals surface area contributed by atoms with Gasteiger partial charge in [0.15, 0.2) is 11.5 Å². The summed E-state index contributed by atoms with van der Waals surface area (Å²) in [5, 5.41) is 2.63. The molecule has 0 fully saturated rings. The molecule has 1 aliphatic heterocycles. The fourth-order valence-electron chi connectivity index (χ4n) is 2.40. The predicted molar refractivity (Wildman–Crippen MR) is 94.1 cm³/mol. The van der Waals surface area contributed by atoms with E-state index in [1.807, 2.05) is 13.0 Å². The van der Waals surface area contributed by atoms with Crippen LogP contribution in [0.1, 0.15) is 5.56 Å². The lowest BCUT2D eigenvalue weighted by Crippen LogP contribution is -2.33. The summed E-state index contributed by atoms with van der Waals surface area (Å²) < 4.78 is 42.5. The third-order valence-electron chi connectivity index (χ3n) is 3.71. The number of fused-ring (bicyclic) bond motifs is 1. The predicted octanol–water partition coefficient (Wildman–Crippen LogP) is 1.65. The highest BCUT2D eigenvalue weighted by atomic mass is 32.2. The molecule has 138 valence electrons. The third kappa shape index (κ3) is 3.89. The number of rotatable bonds is 6. The number of anilines is 1. The standard InChI is InChI=1S/C17H18N2O6S/c1-11-3-5-14(23-2)13(7-11)19-17(20)9-18-26(21,22)12-4-6-15-16(8-12)25-10-24-15/h3-8,18H,9-10H2,1-2H3,(H,19,20). The van der Waals surface area contributed by atoms with Gasteiger partial charge in [0, 0.05) is 6.07 Å². The van der Waals surface area contributed by atoms with Crippen LogP contribution in [0.25, 0.3) is 0 Å². The molecular weight excluding hydrogens is 360 g/mol. The zero-order valence-corrected chi connectivity index (χ0v) is 15.1. The quantitative estimate of drug-likeness (QED) is 0.792. The Bertz CT molecular complexity index is 942. The molecule has 0 unspecified atom stereocenters. The van der Waals surface area contributed by atoms with E-state index in [1.165, 1.54) is 25.3 Å². The highest BCUT2D eigenvalue weighted by molar-refractivity contribution is 7.89. The summed E-state index contributed by atoms with van der Waals surface area (Å²) in [4.78, 5) is 12.1. The Hall–Kier alpha value is -2.78. The SMILES string of the molecule is COc1ccc(C)cc1NC(=O)CNS(=O)(=O)c1ccc2c(c1)OCO2. The zero-order valence-electron chi connectivity index (χ0n) is 14.2. The zero-order chi connectivity index (χ0) is 18.7. The van der Waals surface area contributed by atoms with Gasteiger partial charge in [0.1, 0.15) is 5.75 Å². The van der Waals surface area contributed by atoms with Crippen molar-refractivity contribution in [3.63, 3.8) is 0 Å². The molecule has 0 spiro atoms. The summed E-state index contributed by atoms with van der Waals surface area (Å²) in [6, 6.07) is 9.56. The number of nitrogens with one attached hydrogen (secondary N) is 2. The van der Waals surface area contributed by atoms with Crippen molar-refractivity contribution in [1.82, 2.24) is 4.72 Å². The van der Waals surface area contributed by atoms with Crippen LogP contribution in [0.15, 0.2) is 41.3 Å². The molecule has 0 bridgehead atoms. The average molecular weight is 378 g/mol. The van der Waals surface area contributed by atoms with Crippen molar-refractivity contribution in [2.75, 3.05) is 25.8 Å². The number of hydrogen-bond donors (Lipinski definition) is 2. The van der Waals surface area contributed by atoms with E-state index in [2.05, 4.69) is 10.0 Å². The Morgan fingerprint density at radius 1 is 1.15 bits per heavy atom. The molecule has 1 amide bonds. The molecular formula is C17H18N2O6S. The molecule has 3 rings (SSSR count). The van der Waals surface area contributed by atoms with Crippen LogP contribution in [0, 0.1) is 6.92 Å². The molecule has 26 heavy (non-hydrogen) atoms. The number of carbonyl (C=O) groups excluding carboxylic acids is 1. The summed E-state index contributed by atoms with van der Waals surface area (Å²) in [5.41, 5.74) is 1.40. The van der Waals surface area contributed by atoms with Crippen LogP contribution in [0.2, 0.25) is 0 Å². The summed E-state index contributed by atoms with van der Waals surface area (Å²) in [7, 11) is -2.38.